The minimum absolute atomic E-state index is 0.0510. The minimum atomic E-state index is -1.17. The number of nitro benzene ring substituents is 1. The minimum Gasteiger partial charge on any atom is -0.495 e. The van der Waals surface area contributed by atoms with E-state index in [1.807, 2.05) is 29.2 Å². The molecule has 8 nitrogen and oxygen atoms in total. The Morgan fingerprint density at radius 2 is 1.69 bits per heavy atom. The number of carbonyl (C=O) groups is 1. The number of carboxylic acid groups (broad SMARTS) is 1. The number of rotatable bonds is 5. The van der Waals surface area contributed by atoms with Gasteiger partial charge in [0.05, 0.1) is 29.0 Å². The van der Waals surface area contributed by atoms with Crippen molar-refractivity contribution in [3.63, 3.8) is 0 Å². The molecule has 8 heteroatoms. The summed E-state index contributed by atoms with van der Waals surface area (Å²) in [6.45, 7) is 2.60. The molecule has 1 fully saturated rings. The van der Waals surface area contributed by atoms with E-state index in [9.17, 15) is 20.0 Å². The second-order valence-electron chi connectivity index (χ2n) is 5.91. The maximum atomic E-state index is 11.5. The average molecular weight is 357 g/mol. The first-order chi connectivity index (χ1) is 12.5. The van der Waals surface area contributed by atoms with E-state index in [1.165, 1.54) is 12.1 Å². The molecule has 1 aliphatic heterocycles. The first-order valence-electron chi connectivity index (χ1n) is 8.16. The van der Waals surface area contributed by atoms with Crippen LogP contribution in [0.5, 0.6) is 5.75 Å². The highest BCUT2D eigenvalue weighted by atomic mass is 16.6. The Morgan fingerprint density at radius 1 is 1.08 bits per heavy atom. The molecule has 1 aliphatic rings. The van der Waals surface area contributed by atoms with Crippen LogP contribution in [0.4, 0.5) is 17.1 Å². The standard InChI is InChI=1S/C18H19N3O5/c1-26-17-5-3-2-4-16(17)20-10-8-19(9-11-20)15-7-6-13(21(24)25)12-14(15)18(22)23/h2-7,12H,8-11H2,1H3,(H,22,23). The predicted octanol–water partition coefficient (Wildman–Crippen LogP) is 2.63. The topological polar surface area (TPSA) is 96.1 Å². The van der Waals surface area contributed by atoms with Gasteiger partial charge in [0.2, 0.25) is 0 Å². The van der Waals surface area contributed by atoms with Crippen LogP contribution in [0.2, 0.25) is 0 Å². The van der Waals surface area contributed by atoms with E-state index in [-0.39, 0.29) is 11.3 Å². The van der Waals surface area contributed by atoms with Gasteiger partial charge in [0.25, 0.3) is 5.69 Å². The van der Waals surface area contributed by atoms with Gasteiger partial charge in [0.1, 0.15) is 5.75 Å². The molecule has 1 N–H and O–H groups in total. The van der Waals surface area contributed by atoms with Crippen molar-refractivity contribution in [2.24, 2.45) is 0 Å². The molecule has 0 unspecified atom stereocenters. The molecule has 2 aromatic carbocycles. The lowest BCUT2D eigenvalue weighted by molar-refractivity contribution is -0.384. The van der Waals surface area contributed by atoms with Crippen molar-refractivity contribution in [2.45, 2.75) is 0 Å². The van der Waals surface area contributed by atoms with Crippen molar-refractivity contribution in [2.75, 3.05) is 43.1 Å². The fourth-order valence-corrected chi connectivity index (χ4v) is 3.16. The number of nitrogens with zero attached hydrogens (tertiary/aromatic N) is 3. The third kappa shape index (κ3) is 3.39. The van der Waals surface area contributed by atoms with Crippen LogP contribution >= 0.6 is 0 Å². The smallest absolute Gasteiger partial charge is 0.338 e. The van der Waals surface area contributed by atoms with Crippen molar-refractivity contribution < 1.29 is 19.6 Å². The Kier molecular flexibility index (Phi) is 4.92. The zero-order valence-corrected chi connectivity index (χ0v) is 14.3. The molecule has 0 spiro atoms. The molecule has 0 aliphatic carbocycles. The van der Waals surface area contributed by atoms with Gasteiger partial charge in [-0.25, -0.2) is 4.79 Å². The van der Waals surface area contributed by atoms with Crippen LogP contribution in [-0.4, -0.2) is 49.3 Å². The van der Waals surface area contributed by atoms with Gasteiger partial charge in [0.15, 0.2) is 0 Å². The number of methoxy groups -OCH3 is 1. The Morgan fingerprint density at radius 3 is 2.27 bits per heavy atom. The first kappa shape index (κ1) is 17.5. The van der Waals surface area contributed by atoms with Crippen molar-refractivity contribution >= 4 is 23.0 Å². The summed E-state index contributed by atoms with van der Waals surface area (Å²) in [5.74, 6) is -0.377. The molecule has 136 valence electrons. The molecule has 3 rings (SSSR count). The molecule has 1 heterocycles. The quantitative estimate of drug-likeness (QED) is 0.649. The molecule has 0 aromatic heterocycles. The van der Waals surface area contributed by atoms with Gasteiger partial charge in [0, 0.05) is 38.3 Å². The molecule has 0 amide bonds. The highest BCUT2D eigenvalue weighted by Crippen LogP contribution is 2.31. The molecular formula is C18H19N3O5. The summed E-state index contributed by atoms with van der Waals surface area (Å²) in [5, 5.41) is 20.3. The maximum absolute atomic E-state index is 11.5. The van der Waals surface area contributed by atoms with E-state index in [0.717, 1.165) is 17.5 Å². The van der Waals surface area contributed by atoms with Crippen molar-refractivity contribution in [3.05, 3.63) is 58.1 Å². The molecule has 1 saturated heterocycles. The zero-order valence-electron chi connectivity index (χ0n) is 14.3. The summed E-state index contributed by atoms with van der Waals surface area (Å²) in [6, 6.07) is 11.7. The lowest BCUT2D eigenvalue weighted by Crippen LogP contribution is -2.47. The third-order valence-corrected chi connectivity index (χ3v) is 4.47. The summed E-state index contributed by atoms with van der Waals surface area (Å²) >= 11 is 0. The van der Waals surface area contributed by atoms with E-state index in [1.54, 1.807) is 7.11 Å². The molecule has 0 bridgehead atoms. The van der Waals surface area contributed by atoms with Gasteiger partial charge in [-0.2, -0.15) is 0 Å². The van der Waals surface area contributed by atoms with Gasteiger partial charge < -0.3 is 19.6 Å². The molecule has 0 radical (unpaired) electrons. The van der Waals surface area contributed by atoms with Crippen LogP contribution < -0.4 is 14.5 Å². The molecule has 0 atom stereocenters. The predicted molar refractivity (Wildman–Crippen MR) is 97.5 cm³/mol. The van der Waals surface area contributed by atoms with Crippen molar-refractivity contribution in [1.29, 1.82) is 0 Å². The fraction of sp³-hybridized carbons (Fsp3) is 0.278. The van der Waals surface area contributed by atoms with E-state index in [2.05, 4.69) is 4.90 Å². The Bertz CT molecular complexity index is 831. The average Bonchev–Trinajstić information content (AvgIpc) is 2.67. The molecule has 26 heavy (non-hydrogen) atoms. The second kappa shape index (κ2) is 7.30. The van der Waals surface area contributed by atoms with Crippen LogP contribution in [0.3, 0.4) is 0 Å². The first-order valence-corrected chi connectivity index (χ1v) is 8.16. The molecule has 2 aromatic rings. The SMILES string of the molecule is COc1ccccc1N1CCN(c2ccc([N+](=O)[O-])cc2C(=O)O)CC1. The van der Waals surface area contributed by atoms with Crippen LogP contribution in [0.15, 0.2) is 42.5 Å². The van der Waals surface area contributed by atoms with Gasteiger partial charge in [-0.15, -0.1) is 0 Å². The second-order valence-corrected chi connectivity index (χ2v) is 5.91. The van der Waals surface area contributed by atoms with Crippen molar-refractivity contribution in [1.82, 2.24) is 0 Å². The number of hydrogen-bond donors (Lipinski definition) is 1. The Balaban J connectivity index is 1.80. The van der Waals surface area contributed by atoms with E-state index in [0.29, 0.717) is 31.9 Å². The number of carboxylic acids is 1. The number of hydrogen-bond acceptors (Lipinski definition) is 6. The Hall–Kier alpha value is -3.29. The Labute approximate surface area is 150 Å². The number of non-ortho nitro benzene ring substituents is 1. The lowest BCUT2D eigenvalue weighted by atomic mass is 10.1. The number of para-hydroxylation sites is 2. The lowest BCUT2D eigenvalue weighted by Gasteiger charge is -2.38. The number of nitro groups is 1. The van der Waals surface area contributed by atoms with Gasteiger partial charge >= 0.3 is 5.97 Å². The summed E-state index contributed by atoms with van der Waals surface area (Å²) in [6.07, 6.45) is 0. The van der Waals surface area contributed by atoms with Crippen LogP contribution in [0.1, 0.15) is 10.4 Å². The van der Waals surface area contributed by atoms with Gasteiger partial charge in [-0.3, -0.25) is 10.1 Å². The van der Waals surface area contributed by atoms with E-state index >= 15 is 0 Å². The number of piperazine rings is 1. The fourth-order valence-electron chi connectivity index (χ4n) is 3.16. The summed E-state index contributed by atoms with van der Waals surface area (Å²) in [5.41, 5.74) is 1.23. The van der Waals surface area contributed by atoms with Crippen LogP contribution in [0, 0.1) is 10.1 Å². The number of ether oxygens (including phenoxy) is 1. The maximum Gasteiger partial charge on any atom is 0.338 e. The van der Waals surface area contributed by atoms with Crippen LogP contribution in [0.25, 0.3) is 0 Å². The summed E-state index contributed by atoms with van der Waals surface area (Å²) in [7, 11) is 1.63. The number of benzene rings is 2. The van der Waals surface area contributed by atoms with E-state index < -0.39 is 10.9 Å². The normalized spacial score (nSPS) is 14.2. The van der Waals surface area contributed by atoms with Gasteiger partial charge in [-0.05, 0) is 18.2 Å². The number of aromatic carboxylic acids is 1. The summed E-state index contributed by atoms with van der Waals surface area (Å²) in [4.78, 5) is 26.0. The largest absolute Gasteiger partial charge is 0.495 e. The molecular weight excluding hydrogens is 338 g/mol. The number of anilines is 2. The zero-order chi connectivity index (χ0) is 18.7. The highest BCUT2D eigenvalue weighted by Gasteiger charge is 2.24. The van der Waals surface area contributed by atoms with Gasteiger partial charge in [-0.1, -0.05) is 12.1 Å². The highest BCUT2D eigenvalue weighted by molar-refractivity contribution is 5.95. The van der Waals surface area contributed by atoms with Crippen LogP contribution in [-0.2, 0) is 0 Å². The third-order valence-electron chi connectivity index (χ3n) is 4.47. The monoisotopic (exact) mass is 357 g/mol. The molecule has 0 saturated carbocycles. The van der Waals surface area contributed by atoms with E-state index in [4.69, 9.17) is 4.74 Å². The summed E-state index contributed by atoms with van der Waals surface area (Å²) < 4.78 is 5.40. The van der Waals surface area contributed by atoms with Crippen molar-refractivity contribution in [3.8, 4) is 5.75 Å².